The van der Waals surface area contributed by atoms with Crippen molar-refractivity contribution in [2.75, 3.05) is 46.5 Å². The van der Waals surface area contributed by atoms with Gasteiger partial charge in [-0.25, -0.2) is 13.2 Å². The van der Waals surface area contributed by atoms with E-state index in [2.05, 4.69) is 32.6 Å². The van der Waals surface area contributed by atoms with Gasteiger partial charge in [0.05, 0.1) is 0 Å². The molecule has 2 aromatic carbocycles. The second-order valence-electron chi connectivity index (χ2n) is 12.5. The lowest BCUT2D eigenvalue weighted by Gasteiger charge is -2.30. The zero-order chi connectivity index (χ0) is 37.6. The smallest absolute Gasteiger partial charge is 0.209 e. The molecule has 2 atom stereocenters. The number of carbonyl (C=O) groups excluding carboxylic acids is 2. The molecule has 2 aliphatic heterocycles. The molecule has 4 rings (SSSR count). The second kappa shape index (κ2) is 31.2. The quantitative estimate of drug-likeness (QED) is 0.251. The van der Waals surface area contributed by atoms with Crippen LogP contribution in [0.15, 0.2) is 36.4 Å². The average molecular weight is 697 g/mol. The van der Waals surface area contributed by atoms with Gasteiger partial charge in [0.1, 0.15) is 23.7 Å². The summed E-state index contributed by atoms with van der Waals surface area (Å²) in [6.45, 7) is 22.3. The Morgan fingerprint density at radius 2 is 1.53 bits per heavy atom. The number of hydrogen-bond acceptors (Lipinski definition) is 5. The highest BCUT2D eigenvalue weighted by atomic mass is 19.1. The van der Waals surface area contributed by atoms with E-state index in [0.717, 1.165) is 94.4 Å². The first kappa shape index (κ1) is 48.4. The van der Waals surface area contributed by atoms with Gasteiger partial charge in [0.25, 0.3) is 0 Å². The fraction of sp³-hybridized carbons (Fsp3) is 0.650. The van der Waals surface area contributed by atoms with Gasteiger partial charge < -0.3 is 19.5 Å². The number of ether oxygens (including phenoxy) is 1. The number of benzene rings is 2. The summed E-state index contributed by atoms with van der Waals surface area (Å²) in [6, 6.07) is 10.0. The standard InChI is InChI=1S/C10H19NO.C10H21NO.C9H11F.C7H6F2.C3H6O.CH4O/c1-9-2-5-11(8-9)10-3-6-12-7-4-10;1-4-7-11(9-12)8-6-10(3)5-2;1-3-8-5-4-7(2)9(10)6-8;1-5-6(8)3-2-4-7(5)9;1-2-3-4;1-2/h9-10H,2-8H2,1H3;9-10H,4-8H2,1-3H3;4-6H,3H2,1-2H3;2-4H,1H3;3H,2H2,1H3;2H,1H3. The van der Waals surface area contributed by atoms with E-state index in [4.69, 9.17) is 9.84 Å². The van der Waals surface area contributed by atoms with Crippen LogP contribution in [0.4, 0.5) is 13.2 Å². The number of aliphatic hydroxyl groups is 1. The van der Waals surface area contributed by atoms with Crippen molar-refractivity contribution in [2.45, 2.75) is 113 Å². The first-order chi connectivity index (χ1) is 23.5. The Balaban J connectivity index is 0. The number of likely N-dealkylation sites (tertiary alicyclic amines) is 1. The van der Waals surface area contributed by atoms with Crippen LogP contribution in [-0.4, -0.2) is 80.1 Å². The largest absolute Gasteiger partial charge is 0.400 e. The molecule has 2 fully saturated rings. The summed E-state index contributed by atoms with van der Waals surface area (Å²) in [4.78, 5) is 24.2. The Morgan fingerprint density at radius 1 is 0.939 bits per heavy atom. The highest BCUT2D eigenvalue weighted by molar-refractivity contribution is 5.48. The number of aldehydes is 1. The number of rotatable bonds is 10. The molecule has 2 aliphatic rings. The summed E-state index contributed by atoms with van der Waals surface area (Å²) in [7, 11) is 1.00. The monoisotopic (exact) mass is 697 g/mol. The molecular weight excluding hydrogens is 629 g/mol. The fourth-order valence-electron chi connectivity index (χ4n) is 4.88. The number of halogens is 3. The van der Waals surface area contributed by atoms with Gasteiger partial charge in [0.2, 0.25) is 6.41 Å². The summed E-state index contributed by atoms with van der Waals surface area (Å²) in [5.74, 6) is 0.585. The molecule has 2 saturated heterocycles. The van der Waals surface area contributed by atoms with Gasteiger partial charge in [-0.2, -0.15) is 0 Å². The van der Waals surface area contributed by atoms with Gasteiger partial charge in [0, 0.05) is 58.0 Å². The molecule has 0 aromatic heterocycles. The van der Waals surface area contributed by atoms with Crippen molar-refractivity contribution in [1.82, 2.24) is 9.80 Å². The summed E-state index contributed by atoms with van der Waals surface area (Å²) >= 11 is 0. The number of aryl methyl sites for hydroxylation is 2. The zero-order valence-corrected chi connectivity index (χ0v) is 32.0. The minimum Gasteiger partial charge on any atom is -0.400 e. The summed E-state index contributed by atoms with van der Waals surface area (Å²) in [5, 5.41) is 7.00. The molecule has 9 heteroatoms. The van der Waals surface area contributed by atoms with Crippen molar-refractivity contribution in [3.05, 3.63) is 70.5 Å². The second-order valence-corrected chi connectivity index (χ2v) is 12.5. The van der Waals surface area contributed by atoms with Crippen molar-refractivity contribution >= 4 is 12.7 Å². The van der Waals surface area contributed by atoms with Gasteiger partial charge in [-0.15, -0.1) is 0 Å². The van der Waals surface area contributed by atoms with Crippen LogP contribution >= 0.6 is 0 Å². The minimum atomic E-state index is -0.491. The number of amides is 1. The Hall–Kier alpha value is -2.75. The molecule has 282 valence electrons. The number of carbonyl (C=O) groups is 2. The van der Waals surface area contributed by atoms with Gasteiger partial charge >= 0.3 is 0 Å². The third kappa shape index (κ3) is 23.3. The van der Waals surface area contributed by atoms with Crippen molar-refractivity contribution in [3.8, 4) is 0 Å². The van der Waals surface area contributed by atoms with Gasteiger partial charge in [-0.3, -0.25) is 9.69 Å². The van der Waals surface area contributed by atoms with Gasteiger partial charge in [0.15, 0.2) is 0 Å². The molecule has 49 heavy (non-hydrogen) atoms. The van der Waals surface area contributed by atoms with Crippen LogP contribution in [0, 0.1) is 43.1 Å². The molecule has 0 aliphatic carbocycles. The topological polar surface area (TPSA) is 70.1 Å². The normalized spacial score (nSPS) is 15.9. The van der Waals surface area contributed by atoms with Crippen LogP contribution in [0.3, 0.4) is 0 Å². The summed E-state index contributed by atoms with van der Waals surface area (Å²) in [6.07, 6.45) is 10.7. The van der Waals surface area contributed by atoms with Gasteiger partial charge in [-0.05, 0) is 100 Å². The van der Waals surface area contributed by atoms with Crippen LogP contribution in [0.1, 0.15) is 103 Å². The molecular formula is C40H67F3N2O4. The molecule has 2 unspecified atom stereocenters. The van der Waals surface area contributed by atoms with Gasteiger partial charge in [-0.1, -0.05) is 66.2 Å². The molecule has 0 bridgehead atoms. The molecule has 1 N–H and O–H groups in total. The van der Waals surface area contributed by atoms with Crippen molar-refractivity contribution < 1.29 is 32.6 Å². The fourth-order valence-corrected chi connectivity index (χ4v) is 4.88. The minimum absolute atomic E-state index is 0.0810. The maximum atomic E-state index is 12.8. The van der Waals surface area contributed by atoms with Crippen LogP contribution < -0.4 is 0 Å². The van der Waals surface area contributed by atoms with Crippen LogP contribution in [0.5, 0.6) is 0 Å². The van der Waals surface area contributed by atoms with Crippen molar-refractivity contribution in [3.63, 3.8) is 0 Å². The molecule has 0 spiro atoms. The van der Waals surface area contributed by atoms with E-state index >= 15 is 0 Å². The number of nitrogens with zero attached hydrogens (tertiary/aromatic N) is 2. The average Bonchev–Trinajstić information content (AvgIpc) is 3.58. The van der Waals surface area contributed by atoms with E-state index in [0.29, 0.717) is 6.42 Å². The Labute approximate surface area is 296 Å². The highest BCUT2D eigenvalue weighted by Crippen LogP contribution is 2.22. The molecule has 6 nitrogen and oxygen atoms in total. The predicted octanol–water partition coefficient (Wildman–Crippen LogP) is 8.97. The van der Waals surface area contributed by atoms with E-state index in [1.165, 1.54) is 63.9 Å². The number of hydrogen-bond donors (Lipinski definition) is 1. The highest BCUT2D eigenvalue weighted by Gasteiger charge is 2.26. The molecule has 2 aromatic rings. The molecule has 0 saturated carbocycles. The first-order valence-corrected chi connectivity index (χ1v) is 18.0. The van der Waals surface area contributed by atoms with Crippen LogP contribution in [-0.2, 0) is 20.7 Å². The van der Waals surface area contributed by atoms with E-state index in [1.54, 1.807) is 13.0 Å². The maximum Gasteiger partial charge on any atom is 0.209 e. The lowest BCUT2D eigenvalue weighted by Crippen LogP contribution is -2.37. The SMILES string of the molecule is CC1CCN(C2CCOCC2)C1.CCC=O.CCCN(C=O)CCC(C)CC.CCc1ccc(C)c(F)c1.CO.Cc1c(F)cccc1F. The number of aliphatic hydroxyl groups excluding tert-OH is 1. The first-order valence-electron chi connectivity index (χ1n) is 18.0. The van der Waals surface area contributed by atoms with E-state index < -0.39 is 11.6 Å². The predicted molar refractivity (Wildman–Crippen MR) is 197 cm³/mol. The van der Waals surface area contributed by atoms with E-state index in [-0.39, 0.29) is 11.4 Å². The third-order valence-corrected chi connectivity index (χ3v) is 8.44. The molecule has 2 heterocycles. The van der Waals surface area contributed by atoms with Crippen LogP contribution in [0.25, 0.3) is 0 Å². The van der Waals surface area contributed by atoms with E-state index in [9.17, 15) is 22.8 Å². The summed E-state index contributed by atoms with van der Waals surface area (Å²) < 4.78 is 42.8. The Bertz CT molecular complexity index is 1080. The Morgan fingerprint density at radius 3 is 1.94 bits per heavy atom. The molecule has 1 amide bonds. The third-order valence-electron chi connectivity index (χ3n) is 8.44. The van der Waals surface area contributed by atoms with Crippen molar-refractivity contribution in [2.24, 2.45) is 11.8 Å². The lowest BCUT2D eigenvalue weighted by atomic mass is 10.1. The lowest BCUT2D eigenvalue weighted by molar-refractivity contribution is -0.118. The van der Waals surface area contributed by atoms with Crippen molar-refractivity contribution in [1.29, 1.82) is 0 Å². The van der Waals surface area contributed by atoms with Crippen LogP contribution in [0.2, 0.25) is 0 Å². The van der Waals surface area contributed by atoms with E-state index in [1.807, 2.05) is 30.9 Å². The zero-order valence-electron chi connectivity index (χ0n) is 32.0. The maximum absolute atomic E-state index is 12.8. The Kier molecular flexibility index (Phi) is 30.8. The summed E-state index contributed by atoms with van der Waals surface area (Å²) in [5.41, 5.74) is 1.86. The molecule has 0 radical (unpaired) electrons.